The molecule has 0 aliphatic heterocycles. The maximum atomic E-state index is 11.5. The van der Waals surface area contributed by atoms with Gasteiger partial charge < -0.3 is 5.11 Å². The summed E-state index contributed by atoms with van der Waals surface area (Å²) in [7, 11) is 0. The van der Waals surface area contributed by atoms with Gasteiger partial charge in [0.2, 0.25) is 0 Å². The highest BCUT2D eigenvalue weighted by molar-refractivity contribution is 5.66. The molecule has 0 heterocycles. The monoisotopic (exact) mass is 426 g/mol. The average molecular weight is 427 g/mol. The minimum atomic E-state index is -0.654. The van der Waals surface area contributed by atoms with Gasteiger partial charge >= 0.3 is 5.97 Å². The quantitative estimate of drug-likeness (QED) is 0.462. The highest BCUT2D eigenvalue weighted by Crippen LogP contribution is 2.77. The van der Waals surface area contributed by atoms with Crippen LogP contribution in [0.1, 0.15) is 105 Å². The van der Waals surface area contributed by atoms with Gasteiger partial charge in [-0.15, -0.1) is 6.58 Å². The number of carboxylic acid groups (broad SMARTS) is 1. The normalized spacial score (nSPS) is 51.9. The van der Waals surface area contributed by atoms with E-state index >= 15 is 0 Å². The van der Waals surface area contributed by atoms with Crippen LogP contribution in [-0.4, -0.2) is 11.1 Å². The van der Waals surface area contributed by atoms with Crippen molar-refractivity contribution in [1.29, 1.82) is 0 Å². The van der Waals surface area contributed by atoms with Gasteiger partial charge in [-0.05, 0) is 109 Å². The minimum Gasteiger partial charge on any atom is -0.481 e. The zero-order valence-electron chi connectivity index (χ0n) is 20.9. The second-order valence-corrected chi connectivity index (χ2v) is 13.3. The highest BCUT2D eigenvalue weighted by atomic mass is 16.4. The Balaban J connectivity index is 1.74. The number of carbonyl (C=O) groups is 1. The largest absolute Gasteiger partial charge is 0.481 e. The molecule has 0 aromatic carbocycles. The van der Waals surface area contributed by atoms with Crippen LogP contribution in [0, 0.1) is 44.8 Å². The molecule has 4 rings (SSSR count). The van der Waals surface area contributed by atoms with Gasteiger partial charge in [0.05, 0.1) is 0 Å². The Bertz CT molecular complexity index is 784. The lowest BCUT2D eigenvalue weighted by atomic mass is 9.31. The van der Waals surface area contributed by atoms with Gasteiger partial charge in [0.25, 0.3) is 0 Å². The van der Waals surface area contributed by atoms with Crippen molar-refractivity contribution in [3.05, 3.63) is 24.8 Å². The summed E-state index contributed by atoms with van der Waals surface area (Å²) in [6, 6.07) is 0. The van der Waals surface area contributed by atoms with E-state index in [1.165, 1.54) is 56.9 Å². The van der Waals surface area contributed by atoms with Gasteiger partial charge in [0, 0.05) is 6.42 Å². The van der Waals surface area contributed by atoms with E-state index in [1.54, 1.807) is 0 Å². The van der Waals surface area contributed by atoms with Crippen LogP contribution < -0.4 is 0 Å². The van der Waals surface area contributed by atoms with E-state index in [0.29, 0.717) is 28.1 Å². The molecule has 8 atom stereocenters. The number of rotatable bonds is 4. The van der Waals surface area contributed by atoms with Crippen LogP contribution >= 0.6 is 0 Å². The van der Waals surface area contributed by atoms with E-state index < -0.39 is 5.97 Å². The first-order valence-electron chi connectivity index (χ1n) is 12.9. The van der Waals surface area contributed by atoms with Crippen molar-refractivity contribution in [2.75, 3.05) is 0 Å². The Morgan fingerprint density at radius 2 is 1.65 bits per heavy atom. The van der Waals surface area contributed by atoms with Crippen molar-refractivity contribution >= 4 is 5.97 Å². The van der Waals surface area contributed by atoms with Gasteiger partial charge in [-0.2, -0.15) is 0 Å². The Kier molecular flexibility index (Phi) is 5.39. The summed E-state index contributed by atoms with van der Waals surface area (Å²) < 4.78 is 0. The van der Waals surface area contributed by atoms with Crippen LogP contribution in [0.4, 0.5) is 0 Å². The van der Waals surface area contributed by atoms with E-state index in [4.69, 9.17) is 0 Å². The SMILES string of the molecule is C=C[C@@]1(C)CC[C@H]2[C@@](C)(CC[C@@]3(C)[C@@H]4CC(=C)CC[C@]4(C)CC[C@]23C)[C@@H]1CCC(=O)O. The molecular weight excluding hydrogens is 380 g/mol. The van der Waals surface area contributed by atoms with Crippen molar-refractivity contribution < 1.29 is 9.90 Å². The summed E-state index contributed by atoms with van der Waals surface area (Å²) in [5.74, 6) is 1.17. The Morgan fingerprint density at radius 3 is 2.29 bits per heavy atom. The Labute approximate surface area is 191 Å². The molecule has 174 valence electrons. The van der Waals surface area contributed by atoms with Gasteiger partial charge in [0.15, 0.2) is 0 Å². The molecule has 0 saturated heterocycles. The predicted molar refractivity (Wildman–Crippen MR) is 129 cm³/mol. The second-order valence-electron chi connectivity index (χ2n) is 13.3. The van der Waals surface area contributed by atoms with E-state index in [-0.39, 0.29) is 17.3 Å². The fourth-order valence-electron chi connectivity index (χ4n) is 9.88. The molecule has 0 amide bonds. The van der Waals surface area contributed by atoms with Gasteiger partial charge in [-0.3, -0.25) is 4.79 Å². The van der Waals surface area contributed by atoms with Crippen molar-refractivity contribution in [3.8, 4) is 0 Å². The number of hydrogen-bond donors (Lipinski definition) is 1. The molecule has 1 N–H and O–H groups in total. The van der Waals surface area contributed by atoms with Crippen LogP contribution in [0.25, 0.3) is 0 Å². The van der Waals surface area contributed by atoms with E-state index in [2.05, 4.69) is 53.9 Å². The summed E-state index contributed by atoms with van der Waals surface area (Å²) in [4.78, 5) is 11.5. The lowest BCUT2D eigenvalue weighted by Crippen LogP contribution is -2.66. The molecule has 2 heteroatoms. The first-order valence-corrected chi connectivity index (χ1v) is 12.9. The zero-order chi connectivity index (χ0) is 22.9. The lowest BCUT2D eigenvalue weighted by molar-refractivity contribution is -0.237. The van der Waals surface area contributed by atoms with Crippen LogP contribution in [0.5, 0.6) is 0 Å². The summed E-state index contributed by atoms with van der Waals surface area (Å²) in [5.41, 5.74) is 2.87. The number of carboxylic acids is 1. The van der Waals surface area contributed by atoms with E-state index in [9.17, 15) is 9.90 Å². The fraction of sp³-hybridized carbons (Fsp3) is 0.828. The first kappa shape index (κ1) is 23.1. The molecule has 0 spiro atoms. The molecule has 4 aliphatic rings. The molecule has 4 aliphatic carbocycles. The maximum Gasteiger partial charge on any atom is 0.303 e. The molecule has 0 aromatic heterocycles. The van der Waals surface area contributed by atoms with Crippen molar-refractivity contribution in [2.24, 2.45) is 44.8 Å². The van der Waals surface area contributed by atoms with Crippen molar-refractivity contribution in [1.82, 2.24) is 0 Å². The Morgan fingerprint density at radius 1 is 1.00 bits per heavy atom. The van der Waals surface area contributed by atoms with Gasteiger partial charge in [0.1, 0.15) is 0 Å². The van der Waals surface area contributed by atoms with Gasteiger partial charge in [-0.25, -0.2) is 0 Å². The summed E-state index contributed by atoms with van der Waals surface area (Å²) in [6.07, 6.45) is 14.6. The molecule has 0 aromatic rings. The lowest BCUT2D eigenvalue weighted by Gasteiger charge is -2.73. The maximum absolute atomic E-state index is 11.5. The zero-order valence-corrected chi connectivity index (χ0v) is 20.9. The van der Waals surface area contributed by atoms with Crippen molar-refractivity contribution in [2.45, 2.75) is 105 Å². The van der Waals surface area contributed by atoms with Gasteiger partial charge in [-0.1, -0.05) is 52.8 Å². The smallest absolute Gasteiger partial charge is 0.303 e. The van der Waals surface area contributed by atoms with Crippen LogP contribution in [0.15, 0.2) is 24.8 Å². The number of aliphatic carboxylic acids is 1. The molecule has 2 nitrogen and oxygen atoms in total. The third-order valence-electron chi connectivity index (χ3n) is 12.1. The first-order chi connectivity index (χ1) is 14.3. The number of allylic oxidation sites excluding steroid dienone is 2. The van der Waals surface area contributed by atoms with Crippen LogP contribution in [0.3, 0.4) is 0 Å². The van der Waals surface area contributed by atoms with E-state index in [0.717, 1.165) is 18.8 Å². The molecule has 0 radical (unpaired) electrons. The van der Waals surface area contributed by atoms with E-state index in [1.807, 2.05) is 0 Å². The highest BCUT2D eigenvalue weighted by Gasteiger charge is 2.69. The third-order valence-corrected chi connectivity index (χ3v) is 12.1. The fourth-order valence-corrected chi connectivity index (χ4v) is 9.88. The van der Waals surface area contributed by atoms with Crippen LogP contribution in [-0.2, 0) is 4.79 Å². The molecule has 0 unspecified atom stereocenters. The third kappa shape index (κ3) is 3.13. The Hall–Kier alpha value is -1.05. The summed E-state index contributed by atoms with van der Waals surface area (Å²) >= 11 is 0. The average Bonchev–Trinajstić information content (AvgIpc) is 2.70. The molecule has 31 heavy (non-hydrogen) atoms. The standard InChI is InChI=1S/C29H46O2/c1-8-25(3)14-12-22-27(5,21(25)9-10-24(30)31)16-18-29(7)23-19-20(2)11-13-26(23,4)15-17-28(22,29)6/h8,21-23H,1-2,9-19H2,3-7H3,(H,30,31)/t21-,22+,23-,25+,26-,27+,28-,29+/m1/s1. The molecular formula is C29H46O2. The van der Waals surface area contributed by atoms with Crippen molar-refractivity contribution in [3.63, 3.8) is 0 Å². The second kappa shape index (κ2) is 7.22. The number of hydrogen-bond acceptors (Lipinski definition) is 1. The summed E-state index contributed by atoms with van der Waals surface area (Å²) in [5, 5.41) is 9.49. The van der Waals surface area contributed by atoms with Crippen LogP contribution in [0.2, 0.25) is 0 Å². The molecule has 0 bridgehead atoms. The summed E-state index contributed by atoms with van der Waals surface area (Å²) in [6.45, 7) is 21.4. The predicted octanol–water partition coefficient (Wildman–Crippen LogP) is 8.04. The minimum absolute atomic E-state index is 0.0487. The molecule has 4 saturated carbocycles. The number of fused-ring (bicyclic) bond motifs is 5. The molecule has 4 fully saturated rings. The topological polar surface area (TPSA) is 37.3 Å².